The van der Waals surface area contributed by atoms with Gasteiger partial charge in [-0.2, -0.15) is 0 Å². The first-order chi connectivity index (χ1) is 7.75. The van der Waals surface area contributed by atoms with Crippen LogP contribution in [-0.4, -0.2) is 34.8 Å². The van der Waals surface area contributed by atoms with Crippen LogP contribution in [-0.2, 0) is 11.3 Å². The van der Waals surface area contributed by atoms with Gasteiger partial charge in [0.05, 0.1) is 12.7 Å². The van der Waals surface area contributed by atoms with Crippen LogP contribution < -0.4 is 5.32 Å². The third-order valence-corrected chi connectivity index (χ3v) is 3.23. The molecule has 2 unspecified atom stereocenters. The van der Waals surface area contributed by atoms with Crippen molar-refractivity contribution in [1.29, 1.82) is 0 Å². The fourth-order valence-corrected chi connectivity index (χ4v) is 2.07. The summed E-state index contributed by atoms with van der Waals surface area (Å²) in [7, 11) is 0. The van der Waals surface area contributed by atoms with Crippen molar-refractivity contribution in [2.75, 3.05) is 13.2 Å². The van der Waals surface area contributed by atoms with Gasteiger partial charge >= 0.3 is 0 Å². The fourth-order valence-electron chi connectivity index (χ4n) is 2.07. The van der Waals surface area contributed by atoms with E-state index in [9.17, 15) is 0 Å². The van der Waals surface area contributed by atoms with Crippen molar-refractivity contribution >= 4 is 0 Å². The number of piperidine rings is 1. The highest BCUT2D eigenvalue weighted by Gasteiger charge is 2.17. The number of nitrogens with one attached hydrogen (secondary N) is 1. The molecule has 1 N–H and O–H groups in total. The van der Waals surface area contributed by atoms with Crippen molar-refractivity contribution < 1.29 is 4.74 Å². The lowest BCUT2D eigenvalue weighted by atomic mass is 10.0. The number of hydrogen-bond acceptors (Lipinski definition) is 3. The molecular formula is C12H21N3O. The smallest absolute Gasteiger partial charge is 0.105 e. The zero-order valence-electron chi connectivity index (χ0n) is 10.1. The van der Waals surface area contributed by atoms with Crippen LogP contribution in [0, 0.1) is 6.92 Å². The second-order valence-electron chi connectivity index (χ2n) is 4.55. The molecule has 0 bridgehead atoms. The average molecular weight is 223 g/mol. The van der Waals surface area contributed by atoms with Crippen molar-refractivity contribution in [3.05, 3.63) is 18.2 Å². The molecular weight excluding hydrogens is 202 g/mol. The predicted octanol–water partition coefficient (Wildman–Crippen LogP) is 1.35. The molecule has 1 aliphatic heterocycles. The van der Waals surface area contributed by atoms with Crippen LogP contribution >= 0.6 is 0 Å². The van der Waals surface area contributed by atoms with Crippen molar-refractivity contribution in [3.8, 4) is 0 Å². The summed E-state index contributed by atoms with van der Waals surface area (Å²) in [6.45, 7) is 6.91. The van der Waals surface area contributed by atoms with Crippen LogP contribution in [0.2, 0.25) is 0 Å². The van der Waals surface area contributed by atoms with Crippen molar-refractivity contribution in [2.45, 2.75) is 45.4 Å². The number of hydrogen-bond donors (Lipinski definition) is 1. The SMILES string of the molecule is Cc1nccn1CCOC1CCC(C)NC1. The van der Waals surface area contributed by atoms with E-state index in [-0.39, 0.29) is 0 Å². The molecule has 90 valence electrons. The Morgan fingerprint density at radius 3 is 3.06 bits per heavy atom. The molecule has 0 aromatic carbocycles. The molecule has 0 aliphatic carbocycles. The Bertz CT molecular complexity index is 316. The monoisotopic (exact) mass is 223 g/mol. The van der Waals surface area contributed by atoms with E-state index in [1.54, 1.807) is 0 Å². The van der Waals surface area contributed by atoms with E-state index in [1.165, 1.54) is 12.8 Å². The molecule has 1 fully saturated rings. The van der Waals surface area contributed by atoms with Crippen molar-refractivity contribution in [1.82, 2.24) is 14.9 Å². The van der Waals surface area contributed by atoms with Gasteiger partial charge in [0.1, 0.15) is 5.82 Å². The normalized spacial score (nSPS) is 25.9. The molecule has 2 rings (SSSR count). The molecule has 1 aliphatic rings. The number of rotatable bonds is 4. The lowest BCUT2D eigenvalue weighted by Gasteiger charge is -2.27. The molecule has 1 aromatic rings. The number of imidazole rings is 1. The molecule has 0 amide bonds. The highest BCUT2D eigenvalue weighted by atomic mass is 16.5. The van der Waals surface area contributed by atoms with Gasteiger partial charge in [-0.15, -0.1) is 0 Å². The summed E-state index contributed by atoms with van der Waals surface area (Å²) in [5, 5.41) is 3.44. The summed E-state index contributed by atoms with van der Waals surface area (Å²) in [5.74, 6) is 1.05. The third-order valence-electron chi connectivity index (χ3n) is 3.23. The predicted molar refractivity (Wildman–Crippen MR) is 63.4 cm³/mol. The Labute approximate surface area is 97.0 Å². The number of aromatic nitrogens is 2. The van der Waals surface area contributed by atoms with E-state index in [1.807, 2.05) is 19.3 Å². The van der Waals surface area contributed by atoms with Gasteiger partial charge in [0.2, 0.25) is 0 Å². The zero-order chi connectivity index (χ0) is 11.4. The van der Waals surface area contributed by atoms with Crippen LogP contribution in [0.5, 0.6) is 0 Å². The molecule has 1 aromatic heterocycles. The second kappa shape index (κ2) is 5.46. The first-order valence-corrected chi connectivity index (χ1v) is 6.08. The first-order valence-electron chi connectivity index (χ1n) is 6.08. The van der Waals surface area contributed by atoms with Crippen molar-refractivity contribution in [3.63, 3.8) is 0 Å². The van der Waals surface area contributed by atoms with E-state index < -0.39 is 0 Å². The Morgan fingerprint density at radius 2 is 2.44 bits per heavy atom. The quantitative estimate of drug-likeness (QED) is 0.837. The minimum Gasteiger partial charge on any atom is -0.375 e. The van der Waals surface area contributed by atoms with E-state index >= 15 is 0 Å². The number of nitrogens with zero attached hydrogens (tertiary/aromatic N) is 2. The van der Waals surface area contributed by atoms with Crippen LogP contribution in [0.4, 0.5) is 0 Å². The highest BCUT2D eigenvalue weighted by molar-refractivity contribution is 4.88. The lowest BCUT2D eigenvalue weighted by molar-refractivity contribution is 0.0262. The molecule has 2 atom stereocenters. The van der Waals surface area contributed by atoms with Crippen LogP contribution in [0.3, 0.4) is 0 Å². The van der Waals surface area contributed by atoms with Gasteiger partial charge in [-0.3, -0.25) is 0 Å². The van der Waals surface area contributed by atoms with Crippen molar-refractivity contribution in [2.24, 2.45) is 0 Å². The van der Waals surface area contributed by atoms with Crippen LogP contribution in [0.15, 0.2) is 12.4 Å². The summed E-state index contributed by atoms with van der Waals surface area (Å²) >= 11 is 0. The van der Waals surface area contributed by atoms with Gasteiger partial charge in [-0.25, -0.2) is 4.98 Å². The molecule has 1 saturated heterocycles. The van der Waals surface area contributed by atoms with E-state index in [2.05, 4.69) is 21.8 Å². The third kappa shape index (κ3) is 3.06. The molecule has 0 saturated carbocycles. The largest absolute Gasteiger partial charge is 0.375 e. The van der Waals surface area contributed by atoms with Gasteiger partial charge in [0, 0.05) is 31.5 Å². The van der Waals surface area contributed by atoms with Gasteiger partial charge in [0.15, 0.2) is 0 Å². The van der Waals surface area contributed by atoms with Crippen LogP contribution in [0.25, 0.3) is 0 Å². The lowest BCUT2D eigenvalue weighted by Crippen LogP contribution is -2.41. The second-order valence-corrected chi connectivity index (χ2v) is 4.55. The summed E-state index contributed by atoms with van der Waals surface area (Å²) < 4.78 is 7.97. The van der Waals surface area contributed by atoms with Gasteiger partial charge in [-0.05, 0) is 26.7 Å². The summed E-state index contributed by atoms with van der Waals surface area (Å²) in [6, 6.07) is 0.649. The minimum absolute atomic E-state index is 0.389. The molecule has 16 heavy (non-hydrogen) atoms. The maximum absolute atomic E-state index is 5.85. The number of ether oxygens (including phenoxy) is 1. The maximum Gasteiger partial charge on any atom is 0.105 e. The summed E-state index contributed by atoms with van der Waals surface area (Å²) in [6.07, 6.45) is 6.62. The maximum atomic E-state index is 5.85. The van der Waals surface area contributed by atoms with Crippen LogP contribution in [0.1, 0.15) is 25.6 Å². The Hall–Kier alpha value is -0.870. The summed E-state index contributed by atoms with van der Waals surface area (Å²) in [4.78, 5) is 4.19. The zero-order valence-corrected chi connectivity index (χ0v) is 10.1. The molecule has 0 spiro atoms. The molecule has 2 heterocycles. The highest BCUT2D eigenvalue weighted by Crippen LogP contribution is 2.10. The van der Waals surface area contributed by atoms with Gasteiger partial charge < -0.3 is 14.6 Å². The molecule has 0 radical (unpaired) electrons. The summed E-state index contributed by atoms with van der Waals surface area (Å²) in [5.41, 5.74) is 0. The standard InChI is InChI=1S/C12H21N3O/c1-10-3-4-12(9-14-10)16-8-7-15-6-5-13-11(15)2/h5-6,10,12,14H,3-4,7-9H2,1-2H3. The van der Waals surface area contributed by atoms with E-state index in [0.717, 1.165) is 25.5 Å². The fraction of sp³-hybridized carbons (Fsp3) is 0.750. The Kier molecular flexibility index (Phi) is 3.96. The van der Waals surface area contributed by atoms with E-state index in [4.69, 9.17) is 4.74 Å². The number of aryl methyl sites for hydroxylation is 1. The first kappa shape index (κ1) is 11.6. The average Bonchev–Trinajstić information content (AvgIpc) is 2.68. The Morgan fingerprint density at radius 1 is 1.56 bits per heavy atom. The topological polar surface area (TPSA) is 39.1 Å². The molecule has 4 heteroatoms. The molecule has 4 nitrogen and oxygen atoms in total. The van der Waals surface area contributed by atoms with Gasteiger partial charge in [-0.1, -0.05) is 0 Å². The Balaban J connectivity index is 1.67. The van der Waals surface area contributed by atoms with Gasteiger partial charge in [0.25, 0.3) is 0 Å². The van der Waals surface area contributed by atoms with E-state index in [0.29, 0.717) is 12.1 Å². The minimum atomic E-state index is 0.389.